The van der Waals surface area contributed by atoms with Crippen LogP contribution in [0.1, 0.15) is 49.9 Å². The molecule has 16 heteroatoms. The molecule has 8 amide bonds. The van der Waals surface area contributed by atoms with Crippen molar-refractivity contribution >= 4 is 24.1 Å². The van der Waals surface area contributed by atoms with E-state index in [4.69, 9.17) is 18.9 Å². The molecule has 0 N–H and O–H groups in total. The van der Waals surface area contributed by atoms with Gasteiger partial charge in [-0.3, -0.25) is 39.2 Å². The summed E-state index contributed by atoms with van der Waals surface area (Å²) in [5.74, 6) is 2.31. The van der Waals surface area contributed by atoms with Crippen LogP contribution in [0.15, 0.2) is 24.3 Å². The minimum Gasteiger partial charge on any atom is -0.496 e. The summed E-state index contributed by atoms with van der Waals surface area (Å²) < 4.78 is 23.0. The fourth-order valence-corrected chi connectivity index (χ4v) is 10.1. The predicted octanol–water partition coefficient (Wildman–Crippen LogP) is 3.19. The van der Waals surface area contributed by atoms with Crippen LogP contribution in [0, 0.1) is 0 Å². The molecular weight excluding hydrogens is 648 g/mol. The molecule has 7 heterocycles. The molecule has 7 aliphatic heterocycles. The first-order chi connectivity index (χ1) is 23.8. The molecule has 5 saturated heterocycles. The third kappa shape index (κ3) is 2.95. The van der Waals surface area contributed by atoms with Crippen molar-refractivity contribution in [2.75, 3.05) is 41.8 Å². The van der Waals surface area contributed by atoms with Gasteiger partial charge in [0.05, 0.1) is 54.6 Å². The lowest BCUT2D eigenvalue weighted by atomic mass is 9.92. The number of urea groups is 4. The van der Waals surface area contributed by atoms with Crippen LogP contribution in [-0.4, -0.2) is 128 Å². The maximum atomic E-state index is 14.9. The van der Waals surface area contributed by atoms with Gasteiger partial charge in [0.25, 0.3) is 0 Å². The topological polar surface area (TPSA) is 131 Å². The maximum Gasteiger partial charge on any atom is 0.325 e. The summed E-state index contributed by atoms with van der Waals surface area (Å²) in [7, 11) is 6.29. The first-order valence-corrected chi connectivity index (χ1v) is 16.6. The molecule has 0 radical (unpaired) electrons. The highest BCUT2D eigenvalue weighted by atomic mass is 16.5. The molecule has 0 bridgehead atoms. The van der Waals surface area contributed by atoms with E-state index in [0.717, 1.165) is 22.3 Å². The van der Waals surface area contributed by atoms with E-state index < -0.39 is 22.7 Å². The molecule has 264 valence electrons. The lowest BCUT2D eigenvalue weighted by molar-refractivity contribution is -0.125. The van der Waals surface area contributed by atoms with Gasteiger partial charge < -0.3 is 18.9 Å². The first-order valence-electron chi connectivity index (χ1n) is 16.6. The van der Waals surface area contributed by atoms with Gasteiger partial charge >= 0.3 is 24.1 Å². The van der Waals surface area contributed by atoms with Crippen LogP contribution >= 0.6 is 0 Å². The quantitative estimate of drug-likeness (QED) is 0.479. The lowest BCUT2D eigenvalue weighted by Crippen LogP contribution is -2.73. The second kappa shape index (κ2) is 9.28. The number of hydrogen-bond acceptors (Lipinski definition) is 8. The number of carbonyl (C=O) groups excluding carboxylic acids is 4. The smallest absolute Gasteiger partial charge is 0.325 e. The van der Waals surface area contributed by atoms with Crippen LogP contribution in [0.5, 0.6) is 23.0 Å². The van der Waals surface area contributed by atoms with Gasteiger partial charge in [-0.05, 0) is 52.0 Å². The maximum absolute atomic E-state index is 14.9. The monoisotopic (exact) mass is 688 g/mol. The largest absolute Gasteiger partial charge is 0.496 e. The lowest BCUT2D eigenvalue weighted by Gasteiger charge is -2.52. The van der Waals surface area contributed by atoms with Gasteiger partial charge in [-0.1, -0.05) is 0 Å². The normalized spacial score (nSPS) is 31.7. The minimum absolute atomic E-state index is 0.138. The van der Waals surface area contributed by atoms with E-state index in [9.17, 15) is 19.2 Å². The van der Waals surface area contributed by atoms with Gasteiger partial charge in [0.15, 0.2) is 22.7 Å². The average Bonchev–Trinajstić information content (AvgIpc) is 3.36. The fourth-order valence-electron chi connectivity index (χ4n) is 10.1. The Morgan fingerprint density at radius 2 is 0.600 bits per heavy atom. The second-order valence-corrected chi connectivity index (χ2v) is 14.4. The molecule has 16 nitrogen and oxygen atoms in total. The number of ether oxygens (including phenoxy) is 4. The van der Waals surface area contributed by atoms with Crippen LogP contribution in [0.2, 0.25) is 0 Å². The molecule has 0 saturated carbocycles. The van der Waals surface area contributed by atoms with E-state index in [1.54, 1.807) is 91.9 Å². The van der Waals surface area contributed by atoms with Crippen LogP contribution in [-0.2, 0) is 26.2 Å². The SMILES string of the molecule is COc1ccc(OC)c2c1CN1C(=O)N3CN4C(=O)N5Cc6c(OC)ccc(OC)c6CN6C(=O)N(CN7C(=O)N(C2)C1(C)C37C)C4(C)C56C. The summed E-state index contributed by atoms with van der Waals surface area (Å²) in [5, 5.41) is 0. The molecule has 2 aromatic carbocycles. The van der Waals surface area contributed by atoms with Gasteiger partial charge in [-0.2, -0.15) is 0 Å². The number of methoxy groups -OCH3 is 4. The van der Waals surface area contributed by atoms with E-state index >= 15 is 0 Å². The van der Waals surface area contributed by atoms with Crippen LogP contribution in [0.3, 0.4) is 0 Å². The highest BCUT2D eigenvalue weighted by Crippen LogP contribution is 2.60. The van der Waals surface area contributed by atoms with Crippen molar-refractivity contribution < 1.29 is 38.1 Å². The number of benzene rings is 2. The molecule has 9 rings (SSSR count). The molecule has 50 heavy (non-hydrogen) atoms. The molecule has 0 aromatic heterocycles. The second-order valence-electron chi connectivity index (χ2n) is 14.4. The zero-order valence-corrected chi connectivity index (χ0v) is 29.4. The van der Waals surface area contributed by atoms with Gasteiger partial charge in [0.1, 0.15) is 36.3 Å². The summed E-state index contributed by atoms with van der Waals surface area (Å²) in [6, 6.07) is 5.83. The first kappa shape index (κ1) is 30.8. The van der Waals surface area contributed by atoms with Crippen LogP contribution in [0.4, 0.5) is 19.2 Å². The Morgan fingerprint density at radius 3 is 0.800 bits per heavy atom. The third-order valence-electron chi connectivity index (χ3n) is 13.2. The third-order valence-corrected chi connectivity index (χ3v) is 13.2. The van der Waals surface area contributed by atoms with Gasteiger partial charge in [-0.25, -0.2) is 19.2 Å². The summed E-state index contributed by atoms with van der Waals surface area (Å²) in [4.78, 5) is 72.9. The molecule has 0 aliphatic carbocycles. The van der Waals surface area contributed by atoms with E-state index in [1.807, 2.05) is 27.7 Å². The molecular formula is C34H40N8O8. The van der Waals surface area contributed by atoms with E-state index in [2.05, 4.69) is 0 Å². The Bertz CT molecular complexity index is 1700. The number of hydrogen-bond donors (Lipinski definition) is 0. The van der Waals surface area contributed by atoms with Gasteiger partial charge in [0, 0.05) is 22.3 Å². The Morgan fingerprint density at radius 1 is 0.400 bits per heavy atom. The number of rotatable bonds is 4. The molecule has 5 fully saturated rings. The van der Waals surface area contributed by atoms with E-state index in [-0.39, 0.29) is 63.6 Å². The zero-order chi connectivity index (χ0) is 35.4. The van der Waals surface area contributed by atoms with Crippen molar-refractivity contribution in [3.05, 3.63) is 46.5 Å². The Hall–Kier alpha value is -5.28. The summed E-state index contributed by atoms with van der Waals surface area (Å²) in [6.07, 6.45) is 0. The highest BCUT2D eigenvalue weighted by Gasteiger charge is 2.81. The van der Waals surface area contributed by atoms with E-state index in [1.165, 1.54) is 0 Å². The number of fused-ring (bicyclic) bond motifs is 2. The van der Waals surface area contributed by atoms with Crippen molar-refractivity contribution in [2.24, 2.45) is 0 Å². The standard InChI is InChI=1S/C34H40N8O8/c1-31-33(3)39-17-41-29(45)37-15-21-22(26(50-8)12-11-25(21)49-7)16-38-30(46)42(34(41,4)32(37,38)2)18-40(33)28(44)36(31)14-20-19(13-35(31)27(39)43)23(47-5)9-10-24(20)48-6/h9-12H,13-18H2,1-8H3. The summed E-state index contributed by atoms with van der Waals surface area (Å²) >= 11 is 0. The zero-order valence-electron chi connectivity index (χ0n) is 29.4. The fraction of sp³-hybridized carbons (Fsp3) is 0.529. The van der Waals surface area contributed by atoms with Crippen molar-refractivity contribution in [3.63, 3.8) is 0 Å². The molecule has 2 aromatic rings. The highest BCUT2D eigenvalue weighted by molar-refractivity contribution is 5.92. The molecule has 0 atom stereocenters. The number of amides is 8. The van der Waals surface area contributed by atoms with Crippen molar-refractivity contribution in [1.29, 1.82) is 0 Å². The molecule has 0 spiro atoms. The Labute approximate surface area is 289 Å². The predicted molar refractivity (Wildman–Crippen MR) is 174 cm³/mol. The van der Waals surface area contributed by atoms with Crippen molar-refractivity contribution in [2.45, 2.75) is 76.5 Å². The molecule has 0 unspecified atom stereocenters. The van der Waals surface area contributed by atoms with Crippen molar-refractivity contribution in [1.82, 2.24) is 39.2 Å². The Kier molecular flexibility index (Phi) is 5.71. The van der Waals surface area contributed by atoms with Crippen LogP contribution in [0.25, 0.3) is 0 Å². The minimum atomic E-state index is -1.29. The molecule has 7 aliphatic rings. The van der Waals surface area contributed by atoms with Crippen molar-refractivity contribution in [3.8, 4) is 23.0 Å². The summed E-state index contributed by atoms with van der Waals surface area (Å²) in [6.45, 7) is 7.71. The average molecular weight is 689 g/mol. The number of nitrogens with zero attached hydrogens (tertiary/aromatic N) is 8. The Balaban J connectivity index is 1.23. The van der Waals surface area contributed by atoms with Crippen LogP contribution < -0.4 is 18.9 Å². The summed E-state index contributed by atoms with van der Waals surface area (Å²) in [5.41, 5.74) is -2.02. The van der Waals surface area contributed by atoms with E-state index in [0.29, 0.717) is 23.0 Å². The van der Waals surface area contributed by atoms with Gasteiger partial charge in [-0.15, -0.1) is 0 Å². The van der Waals surface area contributed by atoms with Gasteiger partial charge in [0.2, 0.25) is 0 Å². The number of carbonyl (C=O) groups is 4.